The maximum atomic E-state index is 16.6. The van der Waals surface area contributed by atoms with E-state index in [2.05, 4.69) is 15.0 Å². The summed E-state index contributed by atoms with van der Waals surface area (Å²) >= 11 is 0. The fourth-order valence-corrected chi connectivity index (χ4v) is 9.69. The second kappa shape index (κ2) is 13.6. The highest BCUT2D eigenvalue weighted by Crippen LogP contribution is 2.54. The Morgan fingerprint density at radius 2 is 1.87 bits per heavy atom. The highest BCUT2D eigenvalue weighted by molar-refractivity contribution is 7.91. The van der Waals surface area contributed by atoms with Crippen molar-refractivity contribution in [2.24, 2.45) is 11.8 Å². The minimum atomic E-state index is -4.06. The predicted molar refractivity (Wildman–Crippen MR) is 194 cm³/mol. The van der Waals surface area contributed by atoms with Gasteiger partial charge in [0, 0.05) is 23.6 Å². The van der Waals surface area contributed by atoms with Gasteiger partial charge in [-0.2, -0.15) is 0 Å². The van der Waals surface area contributed by atoms with E-state index in [9.17, 15) is 27.6 Å². The number of aryl methyl sites for hydroxylation is 1. The Morgan fingerprint density at radius 1 is 1.13 bits per heavy atom. The quantitative estimate of drug-likeness (QED) is 0.301. The van der Waals surface area contributed by atoms with Crippen molar-refractivity contribution >= 4 is 44.6 Å². The second-order valence-electron chi connectivity index (χ2n) is 16.4. The summed E-state index contributed by atoms with van der Waals surface area (Å²) in [6.45, 7) is 6.12. The van der Waals surface area contributed by atoms with Crippen molar-refractivity contribution in [2.45, 2.75) is 132 Å². The molecule has 0 radical (unpaired) electrons. The lowest BCUT2D eigenvalue weighted by molar-refractivity contribution is -0.153. The van der Waals surface area contributed by atoms with E-state index in [-0.39, 0.29) is 41.7 Å². The van der Waals surface area contributed by atoms with Crippen LogP contribution in [0.5, 0.6) is 5.75 Å². The Hall–Kier alpha value is -4.14. The third kappa shape index (κ3) is 6.96. The molecule has 2 saturated carbocycles. The van der Waals surface area contributed by atoms with E-state index in [1.807, 2.05) is 6.08 Å². The van der Waals surface area contributed by atoms with Crippen molar-refractivity contribution in [3.8, 4) is 5.75 Å². The molecule has 5 aliphatic rings. The van der Waals surface area contributed by atoms with E-state index >= 15 is 8.78 Å². The molecule has 1 spiro atoms. The van der Waals surface area contributed by atoms with Crippen LogP contribution in [0.3, 0.4) is 0 Å². The number of allylic oxidation sites excluding steroid dienone is 1. The largest absolute Gasteiger partial charge is 0.483 e. The van der Waals surface area contributed by atoms with Crippen LogP contribution >= 0.6 is 0 Å². The first kappa shape index (κ1) is 38.1. The Kier molecular flexibility index (Phi) is 9.58. The van der Waals surface area contributed by atoms with Crippen molar-refractivity contribution in [3.63, 3.8) is 0 Å². The molecule has 2 aromatic rings. The summed E-state index contributed by atoms with van der Waals surface area (Å²) in [4.78, 5) is 61.7. The molecule has 2 aliphatic carbocycles. The maximum absolute atomic E-state index is 16.6. The normalized spacial score (nSPS) is 30.9. The number of alkyl halides is 2. The van der Waals surface area contributed by atoms with Crippen molar-refractivity contribution in [2.75, 3.05) is 6.54 Å². The van der Waals surface area contributed by atoms with Gasteiger partial charge in [0.25, 0.3) is 11.8 Å². The molecule has 1 aromatic heterocycles. The fraction of sp³-hybridized carbons (Fsp3) is 0.615. The number of aromatic nitrogens is 1. The third-order valence-electron chi connectivity index (χ3n) is 11.7. The molecule has 3 amide bonds. The number of hydrogen-bond donors (Lipinski definition) is 2. The molecule has 1 saturated heterocycles. The zero-order chi connectivity index (χ0) is 38.8. The first-order valence-electron chi connectivity index (χ1n) is 18.9. The highest BCUT2D eigenvalue weighted by Gasteiger charge is 2.65. The molecule has 3 aliphatic heterocycles. The summed E-state index contributed by atoms with van der Waals surface area (Å²) in [5.74, 6) is -7.86. The molecule has 1 aromatic carbocycles. The van der Waals surface area contributed by atoms with Gasteiger partial charge < -0.3 is 19.7 Å². The van der Waals surface area contributed by atoms with Crippen LogP contribution in [0.25, 0.3) is 10.9 Å². The Balaban J connectivity index is 1.27. The summed E-state index contributed by atoms with van der Waals surface area (Å²) < 4.78 is 72.5. The Bertz CT molecular complexity index is 2030. The van der Waals surface area contributed by atoms with E-state index in [1.54, 1.807) is 58.0 Å². The molecule has 3 fully saturated rings. The van der Waals surface area contributed by atoms with Gasteiger partial charge in [-0.15, -0.1) is 0 Å². The topological polar surface area (TPSA) is 161 Å². The number of sulfonamides is 1. The smallest absolute Gasteiger partial charge is 0.306 e. The van der Waals surface area contributed by atoms with E-state index in [0.29, 0.717) is 37.6 Å². The van der Waals surface area contributed by atoms with E-state index < -0.39 is 92.5 Å². The molecule has 7 rings (SSSR count). The SMILES string of the molecule is Cc1nc2ccccc2c2c1O[C@@]1(C[C@H]3C(=O)N[C@]4(C(=O)NS(=O)(=O)C5(C)CC5)C[C@H]4/C=C\CCCCC[C@H](CC(=O)OC(C)C)C(=O)N3C1)CC2(F)F. The van der Waals surface area contributed by atoms with E-state index in [0.717, 1.165) is 12.8 Å². The molecule has 0 unspecified atom stereocenters. The van der Waals surface area contributed by atoms with E-state index in [4.69, 9.17) is 9.47 Å². The number of pyridine rings is 1. The van der Waals surface area contributed by atoms with Gasteiger partial charge in [-0.25, -0.2) is 22.2 Å². The number of hydrogen-bond acceptors (Lipinski definition) is 9. The number of carbonyl (C=O) groups excluding carboxylic acids is 4. The lowest BCUT2D eigenvalue weighted by Gasteiger charge is -2.40. The average molecular weight is 771 g/mol. The number of esters is 1. The maximum Gasteiger partial charge on any atom is 0.306 e. The van der Waals surface area contributed by atoms with Crippen LogP contribution in [0.1, 0.15) is 103 Å². The van der Waals surface area contributed by atoms with Gasteiger partial charge in [0.2, 0.25) is 21.8 Å². The predicted octanol–water partition coefficient (Wildman–Crippen LogP) is 5.11. The monoisotopic (exact) mass is 770 g/mol. The lowest BCUT2D eigenvalue weighted by atomic mass is 9.84. The number of nitrogens with one attached hydrogen (secondary N) is 2. The molecular formula is C39H48F2N4O8S. The molecule has 12 nitrogen and oxygen atoms in total. The van der Waals surface area contributed by atoms with Crippen LogP contribution in [0.2, 0.25) is 0 Å². The third-order valence-corrected chi connectivity index (χ3v) is 13.9. The molecule has 54 heavy (non-hydrogen) atoms. The number of halogens is 2. The number of rotatable bonds is 6. The number of para-hydroxylation sites is 1. The average Bonchev–Trinajstić information content (AvgIpc) is 3.97. The first-order valence-corrected chi connectivity index (χ1v) is 20.4. The van der Waals surface area contributed by atoms with Crippen LogP contribution in [0.15, 0.2) is 36.4 Å². The summed E-state index contributed by atoms with van der Waals surface area (Å²) in [6, 6.07) is 5.17. The molecule has 5 atom stereocenters. The number of amides is 3. The van der Waals surface area contributed by atoms with Gasteiger partial charge in [-0.05, 0) is 72.3 Å². The molecule has 292 valence electrons. The first-order chi connectivity index (χ1) is 25.4. The standard InChI is InChI=1S/C39H48F2N4O8S/c1-23(2)52-30(46)18-25-12-8-6-5-7-9-13-26-19-38(26,35(49)44-54(50,51)36(4)16-17-36)43-33(47)29-20-37(22-45(29)34(25)48)21-39(40,41)31-27-14-10-11-15-28(27)42-24(3)32(31)53-37/h9-11,13-15,23,25-26,29H,5-8,12,16-22H2,1-4H3,(H,43,47)(H,44,49)/b13-9-/t25-,26-,29+,37+,38-/m1/s1. The van der Waals surface area contributed by atoms with Gasteiger partial charge >= 0.3 is 5.97 Å². The molecule has 15 heteroatoms. The van der Waals surface area contributed by atoms with Crippen LogP contribution in [-0.2, 0) is 39.9 Å². The van der Waals surface area contributed by atoms with Gasteiger partial charge in [0.15, 0.2) is 5.75 Å². The fourth-order valence-electron chi connectivity index (χ4n) is 8.38. The van der Waals surface area contributed by atoms with Gasteiger partial charge in [0.05, 0.1) is 47.0 Å². The zero-order valence-corrected chi connectivity index (χ0v) is 31.9. The minimum absolute atomic E-state index is 0.111. The number of ether oxygens (including phenoxy) is 2. The van der Waals surface area contributed by atoms with Crippen LogP contribution in [0.4, 0.5) is 8.78 Å². The van der Waals surface area contributed by atoms with Crippen molar-refractivity contribution < 1.29 is 45.9 Å². The summed E-state index contributed by atoms with van der Waals surface area (Å²) in [7, 11) is -4.06. The van der Waals surface area contributed by atoms with Crippen LogP contribution < -0.4 is 14.8 Å². The number of benzene rings is 1. The van der Waals surface area contributed by atoms with Crippen LogP contribution in [-0.4, -0.2) is 76.6 Å². The van der Waals surface area contributed by atoms with Gasteiger partial charge in [-0.3, -0.25) is 23.9 Å². The van der Waals surface area contributed by atoms with Crippen molar-refractivity contribution in [3.05, 3.63) is 47.7 Å². The molecule has 4 heterocycles. The van der Waals surface area contributed by atoms with E-state index in [1.165, 1.54) is 4.90 Å². The summed E-state index contributed by atoms with van der Waals surface area (Å²) in [5.41, 5.74) is -3.07. The second-order valence-corrected chi connectivity index (χ2v) is 18.6. The molecule has 0 bridgehead atoms. The lowest BCUT2D eigenvalue weighted by Crippen LogP contribution is -2.57. The number of fused-ring (bicyclic) bond motifs is 5. The van der Waals surface area contributed by atoms with Crippen molar-refractivity contribution in [1.82, 2.24) is 19.9 Å². The van der Waals surface area contributed by atoms with Crippen LogP contribution in [0, 0.1) is 18.8 Å². The number of nitrogens with zero attached hydrogens (tertiary/aromatic N) is 2. The number of carbonyl (C=O) groups is 4. The highest BCUT2D eigenvalue weighted by atomic mass is 32.2. The zero-order valence-electron chi connectivity index (χ0n) is 31.1. The summed E-state index contributed by atoms with van der Waals surface area (Å²) in [6.07, 6.45) is 5.72. The van der Waals surface area contributed by atoms with Gasteiger partial charge in [0.1, 0.15) is 17.2 Å². The van der Waals surface area contributed by atoms with Crippen molar-refractivity contribution in [1.29, 1.82) is 0 Å². The summed E-state index contributed by atoms with van der Waals surface area (Å²) in [5, 5.41) is 3.03. The van der Waals surface area contributed by atoms with Gasteiger partial charge in [-0.1, -0.05) is 43.2 Å². The molecular weight excluding hydrogens is 723 g/mol. The molecule has 2 N–H and O–H groups in total. The Labute approximate surface area is 313 Å². The Morgan fingerprint density at radius 3 is 2.59 bits per heavy atom. The minimum Gasteiger partial charge on any atom is -0.483 e.